The van der Waals surface area contributed by atoms with Gasteiger partial charge in [0, 0.05) is 5.69 Å². The number of nitrogen functional groups attached to an aromatic ring is 1. The summed E-state index contributed by atoms with van der Waals surface area (Å²) in [5.74, 6) is 0.963. The summed E-state index contributed by atoms with van der Waals surface area (Å²) in [7, 11) is 0. The molecule has 0 unspecified atom stereocenters. The maximum absolute atomic E-state index is 11.9. The van der Waals surface area contributed by atoms with Crippen molar-refractivity contribution in [1.82, 2.24) is 5.43 Å². The van der Waals surface area contributed by atoms with Gasteiger partial charge in [-0.2, -0.15) is 5.10 Å². The molecule has 0 spiro atoms. The Balaban J connectivity index is 1.90. The molecule has 0 radical (unpaired) electrons. The zero-order valence-electron chi connectivity index (χ0n) is 13.3. The van der Waals surface area contributed by atoms with Gasteiger partial charge < -0.3 is 10.5 Å². The summed E-state index contributed by atoms with van der Waals surface area (Å²) in [4.78, 5) is 11.9. The zero-order valence-corrected chi connectivity index (χ0v) is 13.3. The predicted molar refractivity (Wildman–Crippen MR) is 92.7 cm³/mol. The minimum absolute atomic E-state index is 0.337. The number of carbonyl (C=O) groups excluding carboxylic acids is 1. The van der Waals surface area contributed by atoms with Crippen molar-refractivity contribution in [3.63, 3.8) is 0 Å². The van der Waals surface area contributed by atoms with Crippen LogP contribution in [0.1, 0.15) is 29.8 Å². The van der Waals surface area contributed by atoms with E-state index < -0.39 is 0 Å². The summed E-state index contributed by atoms with van der Waals surface area (Å²) in [5, 5.41) is 3.94. The number of rotatable bonds is 6. The Morgan fingerprint density at radius 1 is 1.22 bits per heavy atom. The van der Waals surface area contributed by atoms with Crippen LogP contribution in [0.5, 0.6) is 5.75 Å². The molecule has 5 heteroatoms. The highest BCUT2D eigenvalue weighted by atomic mass is 16.5. The number of hydrazone groups is 1. The second-order valence-electron chi connectivity index (χ2n) is 5.56. The molecular weight excluding hydrogens is 290 g/mol. The van der Waals surface area contributed by atoms with E-state index in [2.05, 4.69) is 24.4 Å². The molecule has 0 saturated heterocycles. The number of amides is 1. The summed E-state index contributed by atoms with van der Waals surface area (Å²) < 4.78 is 5.61. The number of anilines is 1. The van der Waals surface area contributed by atoms with E-state index in [4.69, 9.17) is 10.5 Å². The van der Waals surface area contributed by atoms with Crippen LogP contribution in [0.4, 0.5) is 5.69 Å². The molecule has 2 aromatic rings. The quantitative estimate of drug-likeness (QED) is 0.489. The molecule has 0 saturated carbocycles. The summed E-state index contributed by atoms with van der Waals surface area (Å²) >= 11 is 0. The minimum Gasteiger partial charge on any atom is -0.493 e. The van der Waals surface area contributed by atoms with Crippen LogP contribution in [-0.4, -0.2) is 18.7 Å². The maximum Gasteiger partial charge on any atom is 0.273 e. The van der Waals surface area contributed by atoms with E-state index in [9.17, 15) is 4.79 Å². The van der Waals surface area contributed by atoms with Crippen LogP contribution in [0.3, 0.4) is 0 Å². The highest BCUT2D eigenvalue weighted by molar-refractivity contribution is 5.99. The normalized spacial score (nSPS) is 10.9. The number of carbonyl (C=O) groups is 1. The first kappa shape index (κ1) is 16.5. The molecule has 5 nitrogen and oxygen atoms in total. The molecule has 0 aliphatic heterocycles. The van der Waals surface area contributed by atoms with Crippen LogP contribution in [-0.2, 0) is 0 Å². The average molecular weight is 311 g/mol. The fourth-order valence-electron chi connectivity index (χ4n) is 1.84. The van der Waals surface area contributed by atoms with Crippen LogP contribution in [0.25, 0.3) is 0 Å². The average Bonchev–Trinajstić information content (AvgIpc) is 2.54. The molecule has 0 aliphatic rings. The Hall–Kier alpha value is -2.82. The van der Waals surface area contributed by atoms with Crippen molar-refractivity contribution in [2.24, 2.45) is 11.0 Å². The van der Waals surface area contributed by atoms with Crippen molar-refractivity contribution >= 4 is 17.8 Å². The molecule has 120 valence electrons. The van der Waals surface area contributed by atoms with Gasteiger partial charge in [-0.1, -0.05) is 26.0 Å². The van der Waals surface area contributed by atoms with Gasteiger partial charge in [0.25, 0.3) is 5.91 Å². The first-order valence-corrected chi connectivity index (χ1v) is 7.47. The van der Waals surface area contributed by atoms with Crippen molar-refractivity contribution in [2.75, 3.05) is 12.3 Å². The monoisotopic (exact) mass is 311 g/mol. The lowest BCUT2D eigenvalue weighted by atomic mass is 10.2. The first-order chi connectivity index (χ1) is 11.1. The van der Waals surface area contributed by atoms with Gasteiger partial charge in [-0.25, -0.2) is 5.43 Å². The van der Waals surface area contributed by atoms with Crippen molar-refractivity contribution in [3.05, 3.63) is 59.7 Å². The number of nitrogens with two attached hydrogens (primary N) is 1. The third kappa shape index (κ3) is 5.14. The molecule has 0 fully saturated rings. The first-order valence-electron chi connectivity index (χ1n) is 7.47. The number of nitrogens with zero attached hydrogens (tertiary/aromatic N) is 1. The third-order valence-electron chi connectivity index (χ3n) is 3.05. The van der Waals surface area contributed by atoms with Crippen LogP contribution in [0.2, 0.25) is 0 Å². The Morgan fingerprint density at radius 2 is 1.91 bits per heavy atom. The molecule has 23 heavy (non-hydrogen) atoms. The summed E-state index contributed by atoms with van der Waals surface area (Å²) in [6.45, 7) is 4.88. The molecule has 0 aliphatic carbocycles. The fourth-order valence-corrected chi connectivity index (χ4v) is 1.84. The molecule has 2 rings (SSSR count). The minimum atomic E-state index is -0.337. The largest absolute Gasteiger partial charge is 0.493 e. The third-order valence-corrected chi connectivity index (χ3v) is 3.05. The number of nitrogens with one attached hydrogen (secondary N) is 1. The van der Waals surface area contributed by atoms with Crippen molar-refractivity contribution in [3.8, 4) is 5.75 Å². The molecule has 0 aromatic heterocycles. The number of benzene rings is 2. The van der Waals surface area contributed by atoms with Gasteiger partial charge in [-0.3, -0.25) is 4.79 Å². The molecule has 2 aromatic carbocycles. The lowest BCUT2D eigenvalue weighted by molar-refractivity contribution is 0.0956. The second kappa shape index (κ2) is 7.98. The Morgan fingerprint density at radius 3 is 2.57 bits per heavy atom. The molecule has 1 amide bonds. The van der Waals surface area contributed by atoms with Gasteiger partial charge in [-0.05, 0) is 47.9 Å². The number of para-hydroxylation sites is 1. The number of hydrogen-bond donors (Lipinski definition) is 2. The Bertz CT molecular complexity index is 679. The van der Waals surface area contributed by atoms with Gasteiger partial charge in [0.1, 0.15) is 5.75 Å². The smallest absolute Gasteiger partial charge is 0.273 e. The molecular formula is C18H21N3O2. The van der Waals surface area contributed by atoms with E-state index >= 15 is 0 Å². The highest BCUT2D eigenvalue weighted by Gasteiger charge is 2.06. The van der Waals surface area contributed by atoms with E-state index in [1.54, 1.807) is 30.5 Å². The van der Waals surface area contributed by atoms with Crippen molar-refractivity contribution < 1.29 is 9.53 Å². The standard InChI is InChI=1S/C18H21N3O2/c1-13(2)12-23-15-9-7-14(8-10-15)11-20-21-18(22)16-5-3-4-6-17(16)19/h3-11,13H,12,19H2,1-2H3,(H,21,22)/b20-11-. The van der Waals surface area contributed by atoms with Gasteiger partial charge in [0.2, 0.25) is 0 Å². The van der Waals surface area contributed by atoms with Crippen molar-refractivity contribution in [1.29, 1.82) is 0 Å². The van der Waals surface area contributed by atoms with Crippen LogP contribution < -0.4 is 15.9 Å². The fraction of sp³-hybridized carbons (Fsp3) is 0.222. The Labute approximate surface area is 136 Å². The lowest BCUT2D eigenvalue weighted by Crippen LogP contribution is -2.18. The van der Waals surface area contributed by atoms with Crippen LogP contribution >= 0.6 is 0 Å². The van der Waals surface area contributed by atoms with Gasteiger partial charge in [0.15, 0.2) is 0 Å². The van der Waals surface area contributed by atoms with Crippen LogP contribution in [0, 0.1) is 5.92 Å². The maximum atomic E-state index is 11.9. The second-order valence-corrected chi connectivity index (χ2v) is 5.56. The van der Waals surface area contributed by atoms with Gasteiger partial charge in [0.05, 0.1) is 18.4 Å². The Kier molecular flexibility index (Phi) is 5.74. The number of ether oxygens (including phenoxy) is 1. The van der Waals surface area contributed by atoms with E-state index in [-0.39, 0.29) is 5.91 Å². The van der Waals surface area contributed by atoms with E-state index in [0.717, 1.165) is 11.3 Å². The van der Waals surface area contributed by atoms with E-state index in [1.807, 2.05) is 24.3 Å². The molecule has 0 heterocycles. The van der Waals surface area contributed by atoms with Gasteiger partial charge >= 0.3 is 0 Å². The van der Waals surface area contributed by atoms with Crippen molar-refractivity contribution in [2.45, 2.75) is 13.8 Å². The SMILES string of the molecule is CC(C)COc1ccc(/C=N\NC(=O)c2ccccc2N)cc1. The molecule has 0 atom stereocenters. The summed E-state index contributed by atoms with van der Waals surface area (Å²) in [5.41, 5.74) is 9.90. The predicted octanol–water partition coefficient (Wildman–Crippen LogP) is 3.07. The molecule has 0 bridgehead atoms. The molecule has 3 N–H and O–H groups in total. The summed E-state index contributed by atoms with van der Waals surface area (Å²) in [6, 6.07) is 14.4. The summed E-state index contributed by atoms with van der Waals surface area (Å²) in [6.07, 6.45) is 1.57. The lowest BCUT2D eigenvalue weighted by Gasteiger charge is -2.08. The van der Waals surface area contributed by atoms with E-state index in [1.165, 1.54) is 0 Å². The van der Waals surface area contributed by atoms with E-state index in [0.29, 0.717) is 23.8 Å². The number of hydrogen-bond acceptors (Lipinski definition) is 4. The highest BCUT2D eigenvalue weighted by Crippen LogP contribution is 2.12. The topological polar surface area (TPSA) is 76.7 Å². The van der Waals surface area contributed by atoms with Gasteiger partial charge in [-0.15, -0.1) is 0 Å². The van der Waals surface area contributed by atoms with Crippen LogP contribution in [0.15, 0.2) is 53.6 Å². The zero-order chi connectivity index (χ0) is 16.7.